The molecule has 1 saturated heterocycles. The first kappa shape index (κ1) is 15.4. The molecule has 0 atom stereocenters. The fourth-order valence-electron chi connectivity index (χ4n) is 2.70. The number of methoxy groups -OCH3 is 1. The molecular formula is C15H16ClFN2O3. The number of ether oxygens (including phenoxy) is 2. The van der Waals surface area contributed by atoms with Crippen molar-refractivity contribution >= 4 is 11.6 Å². The van der Waals surface area contributed by atoms with E-state index in [1.54, 1.807) is 13.2 Å². The molecule has 0 bridgehead atoms. The van der Waals surface area contributed by atoms with Gasteiger partial charge in [-0.1, -0.05) is 16.8 Å². The summed E-state index contributed by atoms with van der Waals surface area (Å²) in [6.07, 6.45) is 1.51. The van der Waals surface area contributed by atoms with E-state index in [2.05, 4.69) is 10.1 Å². The van der Waals surface area contributed by atoms with Crippen molar-refractivity contribution in [1.29, 1.82) is 0 Å². The molecule has 0 radical (unpaired) electrons. The lowest BCUT2D eigenvalue weighted by Gasteiger charge is -2.33. The van der Waals surface area contributed by atoms with Crippen molar-refractivity contribution in [1.82, 2.24) is 10.1 Å². The van der Waals surface area contributed by atoms with Gasteiger partial charge in [0, 0.05) is 30.9 Å². The van der Waals surface area contributed by atoms with Gasteiger partial charge in [-0.2, -0.15) is 4.98 Å². The van der Waals surface area contributed by atoms with E-state index in [0.29, 0.717) is 31.2 Å². The minimum Gasteiger partial charge on any atom is -0.384 e. The third-order valence-corrected chi connectivity index (χ3v) is 4.10. The molecule has 22 heavy (non-hydrogen) atoms. The molecule has 0 spiro atoms. The van der Waals surface area contributed by atoms with Crippen LogP contribution >= 0.6 is 11.6 Å². The predicted octanol–water partition coefficient (Wildman–Crippen LogP) is 3.22. The second kappa shape index (κ2) is 6.32. The summed E-state index contributed by atoms with van der Waals surface area (Å²) in [6.45, 7) is 1.73. The highest BCUT2D eigenvalue weighted by Crippen LogP contribution is 2.34. The molecule has 5 nitrogen and oxygen atoms in total. The van der Waals surface area contributed by atoms with Crippen molar-refractivity contribution < 1.29 is 18.4 Å². The van der Waals surface area contributed by atoms with Crippen LogP contribution in [0.3, 0.4) is 0 Å². The Hall–Kier alpha value is -1.50. The van der Waals surface area contributed by atoms with Gasteiger partial charge in [0.05, 0.1) is 12.0 Å². The molecule has 1 aliphatic rings. The molecule has 1 fully saturated rings. The van der Waals surface area contributed by atoms with Gasteiger partial charge < -0.3 is 14.0 Å². The Bertz CT molecular complexity index is 630. The van der Waals surface area contributed by atoms with Crippen LogP contribution < -0.4 is 0 Å². The highest BCUT2D eigenvalue weighted by Gasteiger charge is 2.39. The van der Waals surface area contributed by atoms with E-state index < -0.39 is 5.82 Å². The van der Waals surface area contributed by atoms with Crippen LogP contribution in [0.15, 0.2) is 22.7 Å². The Morgan fingerprint density at radius 3 is 2.77 bits per heavy atom. The average molecular weight is 327 g/mol. The molecule has 0 amide bonds. The van der Waals surface area contributed by atoms with Crippen LogP contribution in [0.5, 0.6) is 0 Å². The van der Waals surface area contributed by atoms with Gasteiger partial charge in [0.25, 0.3) is 5.89 Å². The smallest absolute Gasteiger partial charge is 0.258 e. The lowest BCUT2D eigenvalue weighted by molar-refractivity contribution is 0.00915. The van der Waals surface area contributed by atoms with Crippen molar-refractivity contribution in [3.8, 4) is 11.5 Å². The van der Waals surface area contributed by atoms with Gasteiger partial charge >= 0.3 is 0 Å². The standard InChI is InChI=1S/C15H16ClFN2O3/c1-20-9-15(2-4-21-5-3-15)14-18-13(22-19-14)10-6-11(16)8-12(17)7-10/h6-8H,2-5,9H2,1H3. The summed E-state index contributed by atoms with van der Waals surface area (Å²) in [5.41, 5.74) is 0.134. The Labute approximate surface area is 132 Å². The number of halogens is 2. The summed E-state index contributed by atoms with van der Waals surface area (Å²) >= 11 is 5.87. The second-order valence-corrected chi connectivity index (χ2v) is 5.84. The largest absolute Gasteiger partial charge is 0.384 e. The van der Waals surface area contributed by atoms with Gasteiger partial charge in [0.1, 0.15) is 5.82 Å². The molecule has 1 aliphatic heterocycles. The first-order valence-electron chi connectivity index (χ1n) is 7.00. The molecule has 1 aromatic heterocycles. The highest BCUT2D eigenvalue weighted by atomic mass is 35.5. The van der Waals surface area contributed by atoms with Gasteiger partial charge in [-0.3, -0.25) is 0 Å². The van der Waals surface area contributed by atoms with E-state index in [-0.39, 0.29) is 16.3 Å². The lowest BCUT2D eigenvalue weighted by Crippen LogP contribution is -2.39. The monoisotopic (exact) mass is 326 g/mol. The number of benzene rings is 1. The zero-order chi connectivity index (χ0) is 15.6. The molecular weight excluding hydrogens is 311 g/mol. The van der Waals surface area contributed by atoms with Crippen molar-refractivity contribution in [3.05, 3.63) is 34.9 Å². The number of aromatic nitrogens is 2. The van der Waals surface area contributed by atoms with Crippen molar-refractivity contribution in [2.45, 2.75) is 18.3 Å². The first-order chi connectivity index (χ1) is 10.6. The topological polar surface area (TPSA) is 57.4 Å². The van der Waals surface area contributed by atoms with E-state index in [0.717, 1.165) is 12.8 Å². The third-order valence-electron chi connectivity index (χ3n) is 3.88. The third kappa shape index (κ3) is 2.99. The van der Waals surface area contributed by atoms with Crippen molar-refractivity contribution in [2.24, 2.45) is 0 Å². The highest BCUT2D eigenvalue weighted by molar-refractivity contribution is 6.30. The second-order valence-electron chi connectivity index (χ2n) is 5.41. The fraction of sp³-hybridized carbons (Fsp3) is 0.467. The van der Waals surface area contributed by atoms with E-state index in [1.165, 1.54) is 12.1 Å². The molecule has 0 saturated carbocycles. The molecule has 0 N–H and O–H groups in total. The van der Waals surface area contributed by atoms with Gasteiger partial charge in [0.2, 0.25) is 0 Å². The number of hydrogen-bond donors (Lipinski definition) is 0. The Balaban J connectivity index is 1.94. The SMILES string of the molecule is COCC1(c2noc(-c3cc(F)cc(Cl)c3)n2)CCOCC1. The molecule has 2 aromatic rings. The Morgan fingerprint density at radius 2 is 2.09 bits per heavy atom. The summed E-state index contributed by atoms with van der Waals surface area (Å²) in [7, 11) is 1.64. The van der Waals surface area contributed by atoms with Gasteiger partial charge in [-0.05, 0) is 31.0 Å². The van der Waals surface area contributed by atoms with Crippen LogP contribution in [-0.4, -0.2) is 37.1 Å². The molecule has 118 valence electrons. The van der Waals surface area contributed by atoms with Crippen LogP contribution in [-0.2, 0) is 14.9 Å². The molecule has 0 unspecified atom stereocenters. The number of rotatable bonds is 4. The van der Waals surface area contributed by atoms with Crippen molar-refractivity contribution in [2.75, 3.05) is 26.9 Å². The summed E-state index contributed by atoms with van der Waals surface area (Å²) in [4.78, 5) is 4.44. The minimum absolute atomic E-state index is 0.248. The zero-order valence-corrected chi connectivity index (χ0v) is 12.9. The minimum atomic E-state index is -0.445. The predicted molar refractivity (Wildman–Crippen MR) is 78.3 cm³/mol. The fourth-order valence-corrected chi connectivity index (χ4v) is 2.93. The maximum absolute atomic E-state index is 13.5. The molecule has 1 aromatic carbocycles. The van der Waals surface area contributed by atoms with E-state index in [9.17, 15) is 4.39 Å². The quantitative estimate of drug-likeness (QED) is 0.863. The summed E-state index contributed by atoms with van der Waals surface area (Å²) in [6, 6.07) is 4.14. The molecule has 3 rings (SSSR count). The van der Waals surface area contributed by atoms with Crippen molar-refractivity contribution in [3.63, 3.8) is 0 Å². The number of hydrogen-bond acceptors (Lipinski definition) is 5. The molecule has 0 aliphatic carbocycles. The van der Waals surface area contributed by atoms with Gasteiger partial charge in [-0.25, -0.2) is 4.39 Å². The van der Waals surface area contributed by atoms with Crippen LogP contribution in [0.25, 0.3) is 11.5 Å². The van der Waals surface area contributed by atoms with E-state index in [4.69, 9.17) is 25.6 Å². The summed E-state index contributed by atoms with van der Waals surface area (Å²) < 4.78 is 29.5. The Morgan fingerprint density at radius 1 is 1.32 bits per heavy atom. The summed E-state index contributed by atoms with van der Waals surface area (Å²) in [5, 5.41) is 4.36. The van der Waals surface area contributed by atoms with Gasteiger partial charge in [-0.15, -0.1) is 0 Å². The van der Waals surface area contributed by atoms with Crippen LogP contribution in [0.4, 0.5) is 4.39 Å². The van der Waals surface area contributed by atoms with Crippen LogP contribution in [0, 0.1) is 5.82 Å². The lowest BCUT2D eigenvalue weighted by atomic mass is 9.80. The molecule has 7 heteroatoms. The van der Waals surface area contributed by atoms with Crippen LogP contribution in [0.1, 0.15) is 18.7 Å². The Kier molecular flexibility index (Phi) is 4.42. The van der Waals surface area contributed by atoms with Gasteiger partial charge in [0.15, 0.2) is 5.82 Å². The zero-order valence-electron chi connectivity index (χ0n) is 12.1. The first-order valence-corrected chi connectivity index (χ1v) is 7.38. The summed E-state index contributed by atoms with van der Waals surface area (Å²) in [5.74, 6) is 0.367. The average Bonchev–Trinajstić information content (AvgIpc) is 2.98. The molecule has 2 heterocycles. The van der Waals surface area contributed by atoms with E-state index in [1.807, 2.05) is 0 Å². The maximum Gasteiger partial charge on any atom is 0.258 e. The maximum atomic E-state index is 13.5. The van der Waals surface area contributed by atoms with E-state index >= 15 is 0 Å². The van der Waals surface area contributed by atoms with Crippen LogP contribution in [0.2, 0.25) is 5.02 Å². The normalized spacial score (nSPS) is 17.6. The number of nitrogens with zero attached hydrogens (tertiary/aromatic N) is 2.